The smallest absolute Gasteiger partial charge is 0.248 e. The molecule has 0 aliphatic carbocycles. The fraction of sp³-hybridized carbons (Fsp3) is 0.263. The van der Waals surface area contributed by atoms with Gasteiger partial charge in [-0.15, -0.1) is 0 Å². The van der Waals surface area contributed by atoms with Gasteiger partial charge >= 0.3 is 0 Å². The third kappa shape index (κ3) is 6.27. The molecule has 0 radical (unpaired) electrons. The Labute approximate surface area is 146 Å². The van der Waals surface area contributed by atoms with Crippen LogP contribution in [0.2, 0.25) is 0 Å². The number of amides is 2. The Bertz CT molecular complexity index is 702. The van der Waals surface area contributed by atoms with Gasteiger partial charge in [-0.1, -0.05) is 19.1 Å². The second-order valence-corrected chi connectivity index (χ2v) is 5.57. The molecule has 0 spiro atoms. The van der Waals surface area contributed by atoms with Crippen molar-refractivity contribution in [2.24, 2.45) is 0 Å². The summed E-state index contributed by atoms with van der Waals surface area (Å²) in [6.07, 6.45) is 5.41. The zero-order chi connectivity index (χ0) is 18.1. The Kier molecular flexibility index (Phi) is 6.98. The van der Waals surface area contributed by atoms with Crippen LogP contribution in [-0.4, -0.2) is 29.6 Å². The second kappa shape index (κ2) is 9.44. The average Bonchev–Trinajstić information content (AvgIpc) is 3.13. The number of hydrogen-bond acceptors (Lipinski definition) is 4. The van der Waals surface area contributed by atoms with Gasteiger partial charge in [0.15, 0.2) is 0 Å². The molecule has 0 aliphatic rings. The van der Waals surface area contributed by atoms with E-state index in [9.17, 15) is 9.59 Å². The van der Waals surface area contributed by atoms with Gasteiger partial charge in [-0.05, 0) is 42.3 Å². The van der Waals surface area contributed by atoms with Gasteiger partial charge in [0, 0.05) is 11.8 Å². The summed E-state index contributed by atoms with van der Waals surface area (Å²) in [5.41, 5.74) is 1.47. The number of aliphatic hydroxyl groups is 1. The fourth-order valence-corrected chi connectivity index (χ4v) is 2.17. The maximum Gasteiger partial charge on any atom is 0.248 e. The van der Waals surface area contributed by atoms with Crippen LogP contribution in [0.4, 0.5) is 5.69 Å². The van der Waals surface area contributed by atoms with Gasteiger partial charge in [-0.25, -0.2) is 0 Å². The molecule has 1 heterocycles. The van der Waals surface area contributed by atoms with Crippen LogP contribution in [0.15, 0.2) is 53.2 Å². The summed E-state index contributed by atoms with van der Waals surface area (Å²) in [6.45, 7) is 1.83. The van der Waals surface area contributed by atoms with Crippen molar-refractivity contribution >= 4 is 23.6 Å². The van der Waals surface area contributed by atoms with Gasteiger partial charge in [-0.2, -0.15) is 0 Å². The van der Waals surface area contributed by atoms with Crippen molar-refractivity contribution in [1.82, 2.24) is 5.32 Å². The zero-order valence-corrected chi connectivity index (χ0v) is 14.1. The molecule has 1 aromatic carbocycles. The molecule has 6 heteroatoms. The normalized spacial score (nSPS) is 12.1. The number of nitrogens with one attached hydrogen (secondary N) is 2. The molecule has 1 aromatic heterocycles. The molecule has 25 heavy (non-hydrogen) atoms. The minimum Gasteiger partial charge on any atom is -0.465 e. The molecule has 2 rings (SSSR count). The molecule has 0 aliphatic heterocycles. The molecular weight excluding hydrogens is 320 g/mol. The summed E-state index contributed by atoms with van der Waals surface area (Å²) in [5.74, 6) is 0.194. The summed E-state index contributed by atoms with van der Waals surface area (Å²) in [4.78, 5) is 23.7. The Hall–Kier alpha value is -2.86. The second-order valence-electron chi connectivity index (χ2n) is 5.57. The van der Waals surface area contributed by atoms with Gasteiger partial charge in [0.05, 0.1) is 25.3 Å². The number of hydrogen-bond donors (Lipinski definition) is 3. The van der Waals surface area contributed by atoms with Crippen molar-refractivity contribution in [3.63, 3.8) is 0 Å². The highest BCUT2D eigenvalue weighted by atomic mass is 16.3. The number of furan rings is 1. The van der Waals surface area contributed by atoms with Crippen LogP contribution in [0.5, 0.6) is 0 Å². The van der Waals surface area contributed by atoms with Gasteiger partial charge in [0.1, 0.15) is 5.76 Å². The van der Waals surface area contributed by atoms with Crippen LogP contribution >= 0.6 is 0 Å². The summed E-state index contributed by atoms with van der Waals surface area (Å²) < 4.78 is 5.11. The van der Waals surface area contributed by atoms with E-state index in [0.717, 1.165) is 5.56 Å². The lowest BCUT2D eigenvalue weighted by atomic mass is 10.1. The molecule has 0 saturated heterocycles. The molecule has 0 bridgehead atoms. The first-order valence-corrected chi connectivity index (χ1v) is 8.12. The SMILES string of the molecule is CCC(CO)NC(=O)Cc1ccc(NC(=O)/C=C/c2ccco2)cc1. The lowest BCUT2D eigenvalue weighted by molar-refractivity contribution is -0.121. The Morgan fingerprint density at radius 1 is 1.24 bits per heavy atom. The highest BCUT2D eigenvalue weighted by Crippen LogP contribution is 2.11. The standard InChI is InChI=1S/C19H22N2O4/c1-2-15(13-22)20-19(24)12-14-5-7-16(8-6-14)21-18(23)10-9-17-4-3-11-25-17/h3-11,15,22H,2,12-13H2,1H3,(H,20,24)(H,21,23)/b10-9+. The monoisotopic (exact) mass is 342 g/mol. The van der Waals surface area contributed by atoms with Gasteiger partial charge in [0.25, 0.3) is 0 Å². The van der Waals surface area contributed by atoms with Crippen molar-refractivity contribution in [3.8, 4) is 0 Å². The highest BCUT2D eigenvalue weighted by molar-refractivity contribution is 6.01. The van der Waals surface area contributed by atoms with Crippen molar-refractivity contribution in [1.29, 1.82) is 0 Å². The topological polar surface area (TPSA) is 91.6 Å². The van der Waals surface area contributed by atoms with Gasteiger partial charge in [-0.3, -0.25) is 9.59 Å². The fourth-order valence-electron chi connectivity index (χ4n) is 2.17. The van der Waals surface area contributed by atoms with Crippen molar-refractivity contribution in [3.05, 3.63) is 60.1 Å². The molecule has 6 nitrogen and oxygen atoms in total. The first-order chi connectivity index (χ1) is 12.1. The van der Waals surface area contributed by atoms with Crippen LogP contribution in [0.1, 0.15) is 24.7 Å². The maximum atomic E-state index is 11.9. The predicted octanol–water partition coefficient (Wildman–Crippen LogP) is 2.36. The molecule has 1 unspecified atom stereocenters. The maximum absolute atomic E-state index is 11.9. The first-order valence-electron chi connectivity index (χ1n) is 8.12. The van der Waals surface area contributed by atoms with Crippen LogP contribution < -0.4 is 10.6 Å². The quantitative estimate of drug-likeness (QED) is 0.642. The van der Waals surface area contributed by atoms with Crippen LogP contribution in [0.25, 0.3) is 6.08 Å². The van der Waals surface area contributed by atoms with Crippen molar-refractivity contribution in [2.75, 3.05) is 11.9 Å². The summed E-state index contributed by atoms with van der Waals surface area (Å²) in [7, 11) is 0. The molecule has 0 saturated carbocycles. The number of rotatable bonds is 8. The molecule has 3 N–H and O–H groups in total. The van der Waals surface area contributed by atoms with E-state index in [1.807, 2.05) is 6.92 Å². The molecule has 2 amide bonds. The Balaban J connectivity index is 1.85. The van der Waals surface area contributed by atoms with Crippen molar-refractivity contribution < 1.29 is 19.1 Å². The summed E-state index contributed by atoms with van der Waals surface area (Å²) in [6, 6.07) is 10.3. The van der Waals surface area contributed by atoms with E-state index in [-0.39, 0.29) is 30.9 Å². The van der Waals surface area contributed by atoms with Crippen LogP contribution in [0, 0.1) is 0 Å². The van der Waals surface area contributed by atoms with E-state index in [1.54, 1.807) is 42.5 Å². The minimum absolute atomic E-state index is 0.0707. The van der Waals surface area contributed by atoms with Gasteiger partial charge < -0.3 is 20.2 Å². The average molecular weight is 342 g/mol. The lowest BCUT2D eigenvalue weighted by Gasteiger charge is -2.14. The van der Waals surface area contributed by atoms with E-state index < -0.39 is 0 Å². The first kappa shape index (κ1) is 18.5. The van der Waals surface area contributed by atoms with Gasteiger partial charge in [0.2, 0.25) is 11.8 Å². The van der Waals surface area contributed by atoms with E-state index in [2.05, 4.69) is 10.6 Å². The molecule has 2 aromatic rings. The van der Waals surface area contributed by atoms with E-state index in [1.165, 1.54) is 12.3 Å². The predicted molar refractivity (Wildman–Crippen MR) is 95.8 cm³/mol. The highest BCUT2D eigenvalue weighted by Gasteiger charge is 2.09. The van der Waals surface area contributed by atoms with E-state index in [0.29, 0.717) is 17.9 Å². The summed E-state index contributed by atoms with van der Waals surface area (Å²) in [5, 5.41) is 14.6. The molecular formula is C19H22N2O4. The number of aliphatic hydroxyl groups excluding tert-OH is 1. The number of carbonyl (C=O) groups is 2. The van der Waals surface area contributed by atoms with Crippen molar-refractivity contribution in [2.45, 2.75) is 25.8 Å². The lowest BCUT2D eigenvalue weighted by Crippen LogP contribution is -2.37. The Morgan fingerprint density at radius 3 is 2.60 bits per heavy atom. The third-order valence-corrected chi connectivity index (χ3v) is 3.61. The molecule has 1 atom stereocenters. The molecule has 132 valence electrons. The van der Waals surface area contributed by atoms with Crippen LogP contribution in [-0.2, 0) is 16.0 Å². The Morgan fingerprint density at radius 2 is 2.00 bits per heavy atom. The third-order valence-electron chi connectivity index (χ3n) is 3.61. The number of benzene rings is 1. The number of carbonyl (C=O) groups excluding carboxylic acids is 2. The number of anilines is 1. The molecule has 0 fully saturated rings. The minimum atomic E-state index is -0.268. The van der Waals surface area contributed by atoms with E-state index >= 15 is 0 Å². The van der Waals surface area contributed by atoms with Crippen LogP contribution in [0.3, 0.4) is 0 Å². The van der Waals surface area contributed by atoms with E-state index in [4.69, 9.17) is 9.52 Å². The summed E-state index contributed by atoms with van der Waals surface area (Å²) >= 11 is 0. The largest absolute Gasteiger partial charge is 0.465 e. The zero-order valence-electron chi connectivity index (χ0n) is 14.1.